The highest BCUT2D eigenvalue weighted by molar-refractivity contribution is 6.31. The maximum Gasteiger partial charge on any atom is 0.336 e. The molecule has 200 valence electrons. The van der Waals surface area contributed by atoms with E-state index in [0.717, 1.165) is 27.7 Å². The Labute approximate surface area is 238 Å². The molecule has 39 heavy (non-hydrogen) atoms. The number of halogens is 2. The zero-order valence-electron chi connectivity index (χ0n) is 21.8. The first-order chi connectivity index (χ1) is 18.6. The molecule has 2 heterocycles. The summed E-state index contributed by atoms with van der Waals surface area (Å²) in [7, 11) is 0. The number of carboxylic acids is 1. The van der Waals surface area contributed by atoms with Crippen LogP contribution >= 0.6 is 23.2 Å². The average Bonchev–Trinajstić information content (AvgIpc) is 2.92. The second-order valence-corrected chi connectivity index (χ2v) is 11.5. The molecule has 0 bridgehead atoms. The zero-order chi connectivity index (χ0) is 27.6. The van der Waals surface area contributed by atoms with E-state index in [-0.39, 0.29) is 11.0 Å². The van der Waals surface area contributed by atoms with Gasteiger partial charge in [-0.25, -0.2) is 9.78 Å². The lowest BCUT2D eigenvalue weighted by Gasteiger charge is -2.44. The van der Waals surface area contributed by atoms with Gasteiger partial charge in [0.2, 0.25) is 0 Å². The maximum atomic E-state index is 11.8. The van der Waals surface area contributed by atoms with Crippen molar-refractivity contribution in [3.63, 3.8) is 0 Å². The van der Waals surface area contributed by atoms with Gasteiger partial charge in [0.05, 0.1) is 30.0 Å². The molecule has 0 saturated carbocycles. The molecule has 1 saturated heterocycles. The number of carboxylic acid groups (broad SMARTS) is 1. The Morgan fingerprint density at radius 2 is 1.67 bits per heavy atom. The standard InChI is InChI=1S/C32H29Cl2NO4/c1-31(2)19-38-32(39-20-31,15-14-22-7-10-25(33)17-28(22)30(36)37)24-5-3-4-21(16-24)6-12-27-13-9-23-8-11-26(34)18-29(23)35-27/h3-13,16-18H,14-15,19-20H2,1-2H3,(H,36,37)/b12-6+. The van der Waals surface area contributed by atoms with Crippen LogP contribution in [0.4, 0.5) is 0 Å². The van der Waals surface area contributed by atoms with Crippen LogP contribution in [0.15, 0.2) is 72.8 Å². The van der Waals surface area contributed by atoms with Crippen LogP contribution in [-0.4, -0.2) is 29.3 Å². The van der Waals surface area contributed by atoms with Crippen LogP contribution in [0.1, 0.15) is 53.0 Å². The van der Waals surface area contributed by atoms with Gasteiger partial charge in [0, 0.05) is 32.8 Å². The number of nitrogens with zero attached hydrogens (tertiary/aromatic N) is 1. The van der Waals surface area contributed by atoms with Crippen LogP contribution in [0.2, 0.25) is 10.0 Å². The summed E-state index contributed by atoms with van der Waals surface area (Å²) in [5, 5.41) is 11.8. The molecular formula is C32H29Cl2NO4. The predicted molar refractivity (Wildman–Crippen MR) is 156 cm³/mol. The largest absolute Gasteiger partial charge is 0.478 e. The monoisotopic (exact) mass is 561 g/mol. The van der Waals surface area contributed by atoms with Crippen molar-refractivity contribution in [1.82, 2.24) is 4.98 Å². The summed E-state index contributed by atoms with van der Waals surface area (Å²) in [6.45, 7) is 5.23. The number of aromatic nitrogens is 1. The minimum Gasteiger partial charge on any atom is -0.478 e. The fourth-order valence-electron chi connectivity index (χ4n) is 4.69. The van der Waals surface area contributed by atoms with Gasteiger partial charge < -0.3 is 14.6 Å². The van der Waals surface area contributed by atoms with Gasteiger partial charge in [-0.05, 0) is 60.0 Å². The third-order valence-electron chi connectivity index (χ3n) is 6.87. The van der Waals surface area contributed by atoms with Crippen molar-refractivity contribution >= 4 is 52.2 Å². The van der Waals surface area contributed by atoms with Gasteiger partial charge in [-0.15, -0.1) is 0 Å². The zero-order valence-corrected chi connectivity index (χ0v) is 23.3. The minimum absolute atomic E-state index is 0.127. The van der Waals surface area contributed by atoms with Gasteiger partial charge in [-0.2, -0.15) is 0 Å². The first kappa shape index (κ1) is 27.4. The lowest BCUT2D eigenvalue weighted by Crippen LogP contribution is -2.46. The fraction of sp³-hybridized carbons (Fsp3) is 0.250. The van der Waals surface area contributed by atoms with E-state index in [1.54, 1.807) is 12.1 Å². The molecule has 1 aliphatic heterocycles. The SMILES string of the molecule is CC1(C)COC(CCc2ccc(Cl)cc2C(=O)O)(c2cccc(/C=C/c3ccc4ccc(Cl)cc4n3)c2)OC1. The van der Waals surface area contributed by atoms with Crippen molar-refractivity contribution in [3.05, 3.63) is 111 Å². The van der Waals surface area contributed by atoms with Gasteiger partial charge >= 0.3 is 5.97 Å². The Bertz CT molecular complexity index is 1550. The number of rotatable bonds is 7. The second-order valence-electron chi connectivity index (χ2n) is 10.6. The highest BCUT2D eigenvalue weighted by atomic mass is 35.5. The first-order valence-electron chi connectivity index (χ1n) is 12.8. The molecule has 7 heteroatoms. The molecule has 0 spiro atoms. The summed E-state index contributed by atoms with van der Waals surface area (Å²) in [6, 6.07) is 22.6. The van der Waals surface area contributed by atoms with E-state index in [0.29, 0.717) is 41.7 Å². The van der Waals surface area contributed by atoms with Gasteiger partial charge in [0.15, 0.2) is 5.79 Å². The number of fused-ring (bicyclic) bond motifs is 1. The van der Waals surface area contributed by atoms with Crippen molar-refractivity contribution in [2.75, 3.05) is 13.2 Å². The molecule has 5 rings (SSSR count). The summed E-state index contributed by atoms with van der Waals surface area (Å²) in [4.78, 5) is 16.5. The number of aromatic carboxylic acids is 1. The number of hydrogen-bond acceptors (Lipinski definition) is 4. The van der Waals surface area contributed by atoms with E-state index in [1.165, 1.54) is 6.07 Å². The van der Waals surface area contributed by atoms with E-state index in [2.05, 4.69) is 13.8 Å². The topological polar surface area (TPSA) is 68.7 Å². The number of carbonyl (C=O) groups is 1. The van der Waals surface area contributed by atoms with Crippen molar-refractivity contribution in [1.29, 1.82) is 0 Å². The van der Waals surface area contributed by atoms with E-state index >= 15 is 0 Å². The molecule has 1 aliphatic rings. The van der Waals surface area contributed by atoms with Crippen LogP contribution in [0.3, 0.4) is 0 Å². The Morgan fingerprint density at radius 3 is 2.44 bits per heavy atom. The van der Waals surface area contributed by atoms with Crippen LogP contribution in [0, 0.1) is 5.41 Å². The maximum absolute atomic E-state index is 11.8. The van der Waals surface area contributed by atoms with Crippen LogP contribution in [0.5, 0.6) is 0 Å². The predicted octanol–water partition coefficient (Wildman–Crippen LogP) is 8.27. The molecule has 0 atom stereocenters. The molecule has 0 amide bonds. The van der Waals surface area contributed by atoms with E-state index in [9.17, 15) is 9.90 Å². The lowest BCUT2D eigenvalue weighted by atomic mass is 9.90. The van der Waals surface area contributed by atoms with Crippen molar-refractivity contribution in [2.24, 2.45) is 5.41 Å². The second kappa shape index (κ2) is 11.1. The molecule has 0 aliphatic carbocycles. The molecule has 1 N–H and O–H groups in total. The lowest BCUT2D eigenvalue weighted by molar-refractivity contribution is -0.310. The number of hydrogen-bond donors (Lipinski definition) is 1. The summed E-state index contributed by atoms with van der Waals surface area (Å²) in [6.07, 6.45) is 4.86. The summed E-state index contributed by atoms with van der Waals surface area (Å²) in [5.74, 6) is -2.02. The Kier molecular flexibility index (Phi) is 7.79. The molecule has 5 nitrogen and oxygen atoms in total. The Morgan fingerprint density at radius 1 is 0.949 bits per heavy atom. The Balaban J connectivity index is 1.43. The van der Waals surface area contributed by atoms with Crippen LogP contribution < -0.4 is 0 Å². The van der Waals surface area contributed by atoms with Crippen LogP contribution in [0.25, 0.3) is 23.1 Å². The third-order valence-corrected chi connectivity index (χ3v) is 7.34. The molecule has 0 unspecified atom stereocenters. The Hall–Kier alpha value is -3.22. The van der Waals surface area contributed by atoms with Crippen molar-refractivity contribution < 1.29 is 19.4 Å². The molecule has 1 fully saturated rings. The molecule has 1 aromatic heterocycles. The van der Waals surface area contributed by atoms with Gasteiger partial charge in [0.1, 0.15) is 0 Å². The summed E-state index contributed by atoms with van der Waals surface area (Å²) in [5.41, 5.74) is 4.25. The number of ether oxygens (including phenoxy) is 2. The molecule has 4 aromatic rings. The number of pyridine rings is 1. The van der Waals surface area contributed by atoms with Crippen molar-refractivity contribution in [3.8, 4) is 0 Å². The minimum atomic E-state index is -1.01. The summed E-state index contributed by atoms with van der Waals surface area (Å²) >= 11 is 12.2. The average molecular weight is 562 g/mol. The van der Waals surface area contributed by atoms with Crippen molar-refractivity contribution in [2.45, 2.75) is 32.5 Å². The smallest absolute Gasteiger partial charge is 0.336 e. The van der Waals surface area contributed by atoms with Crippen LogP contribution in [-0.2, 0) is 21.7 Å². The van der Waals surface area contributed by atoms with E-state index in [1.807, 2.05) is 66.7 Å². The number of benzene rings is 3. The highest BCUT2D eigenvalue weighted by Crippen LogP contribution is 2.40. The summed E-state index contributed by atoms with van der Waals surface area (Å²) < 4.78 is 12.9. The van der Waals surface area contributed by atoms with Gasteiger partial charge in [-0.3, -0.25) is 0 Å². The quantitative estimate of drug-likeness (QED) is 0.246. The third kappa shape index (κ3) is 6.34. The number of aryl methyl sites for hydroxylation is 1. The first-order valence-corrected chi connectivity index (χ1v) is 13.5. The van der Waals surface area contributed by atoms with Gasteiger partial charge in [-0.1, -0.05) is 79.5 Å². The normalized spacial score (nSPS) is 16.5. The fourth-order valence-corrected chi connectivity index (χ4v) is 5.03. The molecule has 3 aromatic carbocycles. The molecule has 0 radical (unpaired) electrons. The van der Waals surface area contributed by atoms with E-state index < -0.39 is 11.8 Å². The molecular weight excluding hydrogens is 533 g/mol. The van der Waals surface area contributed by atoms with E-state index in [4.69, 9.17) is 37.7 Å². The van der Waals surface area contributed by atoms with Gasteiger partial charge in [0.25, 0.3) is 0 Å². The highest BCUT2D eigenvalue weighted by Gasteiger charge is 2.42.